The van der Waals surface area contributed by atoms with Gasteiger partial charge in [0.25, 0.3) is 0 Å². The summed E-state index contributed by atoms with van der Waals surface area (Å²) in [5.41, 5.74) is 3.01. The van der Waals surface area contributed by atoms with Crippen molar-refractivity contribution in [3.8, 4) is 11.5 Å². The van der Waals surface area contributed by atoms with Crippen molar-refractivity contribution in [1.29, 1.82) is 0 Å². The molecule has 2 unspecified atom stereocenters. The van der Waals surface area contributed by atoms with Crippen molar-refractivity contribution in [2.45, 2.75) is 44.9 Å². The minimum Gasteiger partial charge on any atom is -0.493 e. The second kappa shape index (κ2) is 8.55. The molecule has 0 amide bonds. The summed E-state index contributed by atoms with van der Waals surface area (Å²) in [6.07, 6.45) is 1.76. The SMILES string of the molecule is CCOC(=O)C1CSC2C(=Nc3ccc(OC)c(OC)c3)CC(C)(C)CC2=N1. The molecule has 0 saturated heterocycles. The van der Waals surface area contributed by atoms with Crippen LogP contribution in [-0.2, 0) is 9.53 Å². The molecule has 1 aliphatic carbocycles. The van der Waals surface area contributed by atoms with Gasteiger partial charge in [0.05, 0.1) is 31.8 Å². The molecule has 0 spiro atoms. The van der Waals surface area contributed by atoms with Crippen molar-refractivity contribution in [3.63, 3.8) is 0 Å². The Labute approximate surface area is 170 Å². The van der Waals surface area contributed by atoms with E-state index in [-0.39, 0.29) is 16.6 Å². The molecular formula is C21H28N2O4S. The van der Waals surface area contributed by atoms with Gasteiger partial charge in [-0.15, -0.1) is 11.8 Å². The smallest absolute Gasteiger partial charge is 0.331 e. The number of rotatable bonds is 5. The van der Waals surface area contributed by atoms with Gasteiger partial charge in [0.15, 0.2) is 17.5 Å². The van der Waals surface area contributed by atoms with Gasteiger partial charge in [-0.3, -0.25) is 9.98 Å². The van der Waals surface area contributed by atoms with E-state index in [1.165, 1.54) is 0 Å². The summed E-state index contributed by atoms with van der Waals surface area (Å²) in [5, 5.41) is 0.117. The summed E-state index contributed by atoms with van der Waals surface area (Å²) in [5.74, 6) is 1.73. The molecule has 3 rings (SSSR count). The average molecular weight is 405 g/mol. The lowest BCUT2D eigenvalue weighted by Gasteiger charge is -2.39. The van der Waals surface area contributed by atoms with Crippen LogP contribution >= 0.6 is 11.8 Å². The normalized spacial score (nSPS) is 24.9. The third-order valence-corrected chi connectivity index (χ3v) is 6.25. The predicted molar refractivity (Wildman–Crippen MR) is 114 cm³/mol. The third-order valence-electron chi connectivity index (χ3n) is 4.87. The Hall–Kier alpha value is -2.02. The van der Waals surface area contributed by atoms with E-state index in [4.69, 9.17) is 24.2 Å². The maximum absolute atomic E-state index is 12.1. The van der Waals surface area contributed by atoms with E-state index in [2.05, 4.69) is 13.8 Å². The molecule has 2 aliphatic rings. The van der Waals surface area contributed by atoms with Crippen molar-refractivity contribution in [2.24, 2.45) is 15.4 Å². The van der Waals surface area contributed by atoms with Crippen molar-refractivity contribution in [3.05, 3.63) is 18.2 Å². The van der Waals surface area contributed by atoms with Crippen molar-refractivity contribution in [2.75, 3.05) is 26.6 Å². The summed E-state index contributed by atoms with van der Waals surface area (Å²) < 4.78 is 15.9. The second-order valence-corrected chi connectivity index (χ2v) is 8.90. The molecule has 1 aromatic carbocycles. The van der Waals surface area contributed by atoms with Crippen LogP contribution in [0, 0.1) is 5.41 Å². The maximum Gasteiger partial charge on any atom is 0.331 e. The first-order chi connectivity index (χ1) is 13.4. The van der Waals surface area contributed by atoms with Gasteiger partial charge in [-0.1, -0.05) is 13.8 Å². The van der Waals surface area contributed by atoms with Crippen LogP contribution in [0.1, 0.15) is 33.6 Å². The minimum atomic E-state index is -0.410. The monoisotopic (exact) mass is 404 g/mol. The Bertz CT molecular complexity index is 804. The van der Waals surface area contributed by atoms with Crippen LogP contribution in [0.25, 0.3) is 0 Å². The van der Waals surface area contributed by atoms with Crippen molar-refractivity contribution >= 4 is 34.8 Å². The van der Waals surface area contributed by atoms with Crippen LogP contribution in [0.3, 0.4) is 0 Å². The van der Waals surface area contributed by atoms with E-state index in [1.807, 2.05) is 25.1 Å². The highest BCUT2D eigenvalue weighted by atomic mass is 32.2. The van der Waals surface area contributed by atoms with Gasteiger partial charge in [0.2, 0.25) is 0 Å². The van der Waals surface area contributed by atoms with Gasteiger partial charge in [-0.2, -0.15) is 0 Å². The van der Waals surface area contributed by atoms with Crippen molar-refractivity contribution < 1.29 is 19.0 Å². The zero-order valence-electron chi connectivity index (χ0n) is 17.2. The van der Waals surface area contributed by atoms with Crippen LogP contribution in [0.2, 0.25) is 0 Å². The molecule has 0 bridgehead atoms. The highest BCUT2D eigenvalue weighted by Gasteiger charge is 2.40. The summed E-state index contributed by atoms with van der Waals surface area (Å²) in [4.78, 5) is 21.9. The summed E-state index contributed by atoms with van der Waals surface area (Å²) in [6.45, 7) is 6.64. The number of ether oxygens (including phenoxy) is 3. The maximum atomic E-state index is 12.1. The number of aliphatic imine (C=N–C) groups is 2. The fraction of sp³-hybridized carbons (Fsp3) is 0.571. The molecule has 0 aromatic heterocycles. The molecule has 7 heteroatoms. The first-order valence-electron chi connectivity index (χ1n) is 9.51. The third kappa shape index (κ3) is 4.51. The quantitative estimate of drug-likeness (QED) is 0.692. The summed E-state index contributed by atoms with van der Waals surface area (Å²) in [7, 11) is 3.24. The van der Waals surface area contributed by atoms with Crippen LogP contribution in [-0.4, -0.2) is 55.3 Å². The average Bonchev–Trinajstić information content (AvgIpc) is 2.66. The van der Waals surface area contributed by atoms with Gasteiger partial charge in [-0.05, 0) is 37.3 Å². The standard InChI is InChI=1S/C21H28N2O4S/c1-6-27-20(24)16-12-28-19-14(10-21(2,3)11-15(19)23-16)22-13-7-8-17(25-4)18(9-13)26-5/h7-9,16,19H,6,10-12H2,1-5H3. The number of esters is 1. The van der Waals surface area contributed by atoms with E-state index >= 15 is 0 Å². The van der Waals surface area contributed by atoms with Gasteiger partial charge in [-0.25, -0.2) is 4.79 Å². The largest absolute Gasteiger partial charge is 0.493 e. The van der Waals surface area contributed by atoms with Crippen LogP contribution in [0.5, 0.6) is 11.5 Å². The number of methoxy groups -OCH3 is 2. The van der Waals surface area contributed by atoms with E-state index in [9.17, 15) is 4.79 Å². The molecule has 0 radical (unpaired) electrons. The molecule has 1 saturated carbocycles. The van der Waals surface area contributed by atoms with E-state index in [0.29, 0.717) is 23.9 Å². The molecule has 1 aromatic rings. The van der Waals surface area contributed by atoms with E-state index in [1.54, 1.807) is 26.0 Å². The number of hydrogen-bond acceptors (Lipinski definition) is 7. The Morgan fingerprint density at radius 2 is 2.00 bits per heavy atom. The lowest BCUT2D eigenvalue weighted by atomic mass is 9.75. The number of nitrogens with zero attached hydrogens (tertiary/aromatic N) is 2. The van der Waals surface area contributed by atoms with Crippen LogP contribution < -0.4 is 9.47 Å². The fourth-order valence-corrected chi connectivity index (χ4v) is 4.92. The number of benzene rings is 1. The summed E-state index contributed by atoms with van der Waals surface area (Å²) >= 11 is 1.74. The topological polar surface area (TPSA) is 69.5 Å². The molecule has 28 heavy (non-hydrogen) atoms. The Morgan fingerprint density at radius 3 is 2.68 bits per heavy atom. The summed E-state index contributed by atoms with van der Waals surface area (Å²) in [6, 6.07) is 5.28. The first kappa shape index (κ1) is 20.7. The highest BCUT2D eigenvalue weighted by molar-refractivity contribution is 8.01. The Morgan fingerprint density at radius 1 is 1.25 bits per heavy atom. The minimum absolute atomic E-state index is 0.0435. The predicted octanol–water partition coefficient (Wildman–Crippen LogP) is 4.08. The van der Waals surface area contributed by atoms with E-state index in [0.717, 1.165) is 30.0 Å². The van der Waals surface area contributed by atoms with Gasteiger partial charge < -0.3 is 14.2 Å². The number of carbonyl (C=O) groups is 1. The van der Waals surface area contributed by atoms with E-state index < -0.39 is 6.04 Å². The molecule has 1 heterocycles. The first-order valence-corrected chi connectivity index (χ1v) is 10.6. The molecule has 0 N–H and O–H groups in total. The zero-order valence-corrected chi connectivity index (χ0v) is 18.0. The van der Waals surface area contributed by atoms with Gasteiger partial charge in [0, 0.05) is 23.2 Å². The lowest BCUT2D eigenvalue weighted by molar-refractivity contribution is -0.144. The number of fused-ring (bicyclic) bond motifs is 1. The van der Waals surface area contributed by atoms with Crippen LogP contribution in [0.4, 0.5) is 5.69 Å². The molecule has 1 fully saturated rings. The second-order valence-electron chi connectivity index (χ2n) is 7.76. The van der Waals surface area contributed by atoms with Gasteiger partial charge >= 0.3 is 5.97 Å². The number of hydrogen-bond donors (Lipinski definition) is 0. The Kier molecular flexibility index (Phi) is 6.33. The zero-order chi connectivity index (χ0) is 20.3. The molecule has 2 atom stereocenters. The Balaban J connectivity index is 1.92. The molecule has 1 aliphatic heterocycles. The molecule has 152 valence electrons. The van der Waals surface area contributed by atoms with Crippen LogP contribution in [0.15, 0.2) is 28.2 Å². The molecule has 6 nitrogen and oxygen atoms in total. The highest BCUT2D eigenvalue weighted by Crippen LogP contribution is 2.41. The lowest BCUT2D eigenvalue weighted by Crippen LogP contribution is -2.44. The van der Waals surface area contributed by atoms with Crippen molar-refractivity contribution in [1.82, 2.24) is 0 Å². The number of carbonyl (C=O) groups excluding carboxylic acids is 1. The van der Waals surface area contributed by atoms with Gasteiger partial charge in [0.1, 0.15) is 0 Å². The molecular weight excluding hydrogens is 376 g/mol. The fourth-order valence-electron chi connectivity index (χ4n) is 3.67. The number of thioether (sulfide) groups is 1.